The summed E-state index contributed by atoms with van der Waals surface area (Å²) in [4.78, 5) is 20.3. The molecule has 0 unspecified atom stereocenters. The fraction of sp³-hybridized carbons (Fsp3) is 0.667. The Kier molecular flexibility index (Phi) is 4.00. The molecule has 0 spiro atoms. The molecule has 0 saturated carbocycles. The average molecular weight is 270 g/mol. The minimum atomic E-state index is -5.56. The number of halogens is 6. The molecule has 0 saturated heterocycles. The lowest BCUT2D eigenvalue weighted by molar-refractivity contribution is -0.338. The number of carbonyl (C=O) groups is 2. The third kappa shape index (κ3) is 5.38. The lowest BCUT2D eigenvalue weighted by Gasteiger charge is -2.23. The van der Waals surface area contributed by atoms with Crippen LogP contribution in [0.1, 0.15) is 6.92 Å². The minimum Gasteiger partial charge on any atom is -0.391 e. The van der Waals surface area contributed by atoms with Gasteiger partial charge in [0.15, 0.2) is 0 Å². The molecule has 0 aliphatic heterocycles. The molecule has 100 valence electrons. The lowest BCUT2D eigenvalue weighted by atomic mass is 10.5. The highest BCUT2D eigenvalue weighted by molar-refractivity contribution is 5.77. The van der Waals surface area contributed by atoms with Gasteiger partial charge in [-0.15, -0.1) is 0 Å². The van der Waals surface area contributed by atoms with Crippen molar-refractivity contribution in [3.05, 3.63) is 0 Å². The van der Waals surface area contributed by atoms with E-state index in [0.717, 1.165) is 0 Å². The van der Waals surface area contributed by atoms with E-state index in [4.69, 9.17) is 5.11 Å². The van der Waals surface area contributed by atoms with Crippen LogP contribution in [0.25, 0.3) is 0 Å². The summed E-state index contributed by atoms with van der Waals surface area (Å²) in [6.45, 7) is 0.111. The van der Waals surface area contributed by atoms with Gasteiger partial charge in [-0.05, 0) is 0 Å². The second-order valence-corrected chi connectivity index (χ2v) is 2.67. The van der Waals surface area contributed by atoms with Gasteiger partial charge in [-0.25, -0.2) is 9.59 Å². The molecule has 0 fully saturated rings. The van der Waals surface area contributed by atoms with E-state index in [-0.39, 0.29) is 6.92 Å². The largest absolute Gasteiger partial charge is 0.491 e. The summed E-state index contributed by atoms with van der Waals surface area (Å²) in [5, 5.41) is 8.70. The molecule has 0 heterocycles. The van der Waals surface area contributed by atoms with E-state index < -0.39 is 30.3 Å². The summed E-state index contributed by atoms with van der Waals surface area (Å²) in [6.07, 6.45) is -11.1. The first kappa shape index (κ1) is 15.5. The number of esters is 2. The predicted octanol–water partition coefficient (Wildman–Crippen LogP) is 0.863. The second kappa shape index (κ2) is 4.39. The molecule has 0 aliphatic carbocycles. The van der Waals surface area contributed by atoms with Crippen molar-refractivity contribution in [3.8, 4) is 0 Å². The maximum absolute atomic E-state index is 11.6. The molecule has 0 amide bonds. The van der Waals surface area contributed by atoms with Crippen LogP contribution < -0.4 is 0 Å². The normalized spacial score (nSPS) is 13.2. The van der Waals surface area contributed by atoms with Crippen molar-refractivity contribution >= 4 is 11.9 Å². The van der Waals surface area contributed by atoms with Gasteiger partial charge in [-0.1, -0.05) is 0 Å². The van der Waals surface area contributed by atoms with E-state index in [0.29, 0.717) is 0 Å². The number of hydrogen-bond donors (Lipinski definition) is 1. The number of rotatable bonds is 2. The summed E-state index contributed by atoms with van der Waals surface area (Å²) in [6, 6.07) is 0. The van der Waals surface area contributed by atoms with E-state index in [9.17, 15) is 35.9 Å². The smallest absolute Gasteiger partial charge is 0.391 e. The zero-order chi connectivity index (χ0) is 14.1. The van der Waals surface area contributed by atoms with Gasteiger partial charge in [0.2, 0.25) is 0 Å². The molecule has 0 aliphatic rings. The first-order valence-corrected chi connectivity index (χ1v) is 3.58. The third-order valence-electron chi connectivity index (χ3n) is 1.03. The topological polar surface area (TPSA) is 72.8 Å². The first-order valence-electron chi connectivity index (χ1n) is 3.58. The Labute approximate surface area is 88.9 Å². The van der Waals surface area contributed by atoms with Crippen LogP contribution in [0.3, 0.4) is 0 Å². The van der Waals surface area contributed by atoms with Crippen LogP contribution in [0.2, 0.25) is 0 Å². The zero-order valence-electron chi connectivity index (χ0n) is 7.85. The molecule has 0 radical (unpaired) electrons. The number of alkyl halides is 6. The first-order chi connectivity index (χ1) is 7.26. The Balaban J connectivity index is 4.62. The Morgan fingerprint density at radius 1 is 0.882 bits per heavy atom. The van der Waals surface area contributed by atoms with E-state index in [2.05, 4.69) is 9.47 Å². The summed E-state index contributed by atoms with van der Waals surface area (Å²) in [5.41, 5.74) is 0. The summed E-state index contributed by atoms with van der Waals surface area (Å²) in [5.74, 6) is -9.71. The van der Waals surface area contributed by atoms with Crippen molar-refractivity contribution in [1.29, 1.82) is 0 Å². The molecule has 0 atom stereocenters. The van der Waals surface area contributed by atoms with E-state index in [1.165, 1.54) is 0 Å². The maximum atomic E-state index is 11.6. The SMILES string of the molecule is CC(O)(OC(=O)C(F)(F)F)OC(=O)C(F)(F)F. The molecular formula is C6H4F6O5. The lowest BCUT2D eigenvalue weighted by Crippen LogP contribution is -2.43. The summed E-state index contributed by atoms with van der Waals surface area (Å²) in [7, 11) is 0. The minimum absolute atomic E-state index is 0.111. The van der Waals surface area contributed by atoms with Crippen LogP contribution in [0.5, 0.6) is 0 Å². The van der Waals surface area contributed by atoms with Gasteiger partial charge in [0.05, 0.1) is 0 Å². The molecule has 0 aromatic heterocycles. The molecular weight excluding hydrogens is 266 g/mol. The molecule has 17 heavy (non-hydrogen) atoms. The van der Waals surface area contributed by atoms with E-state index in [1.807, 2.05) is 0 Å². The number of carbonyl (C=O) groups excluding carboxylic acids is 2. The Morgan fingerprint density at radius 2 is 1.12 bits per heavy atom. The average Bonchev–Trinajstić information content (AvgIpc) is 1.97. The molecule has 5 nitrogen and oxygen atoms in total. The van der Waals surface area contributed by atoms with Gasteiger partial charge in [0.1, 0.15) is 0 Å². The molecule has 0 aromatic carbocycles. The fourth-order valence-corrected chi connectivity index (χ4v) is 0.481. The van der Waals surface area contributed by atoms with Gasteiger partial charge >= 0.3 is 30.3 Å². The van der Waals surface area contributed by atoms with Crippen LogP contribution in [-0.2, 0) is 19.1 Å². The van der Waals surface area contributed by atoms with E-state index in [1.54, 1.807) is 0 Å². The number of hydrogen-bond acceptors (Lipinski definition) is 5. The molecule has 1 N–H and O–H groups in total. The standard InChI is InChI=1S/C6H4F6O5/c1-4(15,16-2(13)5(7,8)9)17-3(14)6(10,11)12/h15H,1H3. The predicted molar refractivity (Wildman–Crippen MR) is 34.9 cm³/mol. The highest BCUT2D eigenvalue weighted by atomic mass is 19.4. The third-order valence-corrected chi connectivity index (χ3v) is 1.03. The number of ether oxygens (including phenoxy) is 2. The monoisotopic (exact) mass is 270 g/mol. The Hall–Kier alpha value is -1.52. The van der Waals surface area contributed by atoms with Crippen molar-refractivity contribution in [2.45, 2.75) is 25.2 Å². The highest BCUT2D eigenvalue weighted by Crippen LogP contribution is 2.24. The molecule has 0 bridgehead atoms. The van der Waals surface area contributed by atoms with Crippen LogP contribution in [0, 0.1) is 0 Å². The van der Waals surface area contributed by atoms with Gasteiger partial charge in [0.25, 0.3) is 0 Å². The van der Waals surface area contributed by atoms with Crippen molar-refractivity contribution in [2.75, 3.05) is 0 Å². The molecule has 0 aromatic rings. The van der Waals surface area contributed by atoms with Crippen molar-refractivity contribution in [3.63, 3.8) is 0 Å². The van der Waals surface area contributed by atoms with Crippen molar-refractivity contribution in [1.82, 2.24) is 0 Å². The van der Waals surface area contributed by atoms with E-state index >= 15 is 0 Å². The Morgan fingerprint density at radius 3 is 1.29 bits per heavy atom. The molecule has 0 rings (SSSR count). The molecule has 11 heteroatoms. The van der Waals surface area contributed by atoms with Crippen LogP contribution in [0.15, 0.2) is 0 Å². The zero-order valence-corrected chi connectivity index (χ0v) is 7.85. The van der Waals surface area contributed by atoms with Gasteiger partial charge < -0.3 is 14.6 Å². The quantitative estimate of drug-likeness (QED) is 0.457. The van der Waals surface area contributed by atoms with Gasteiger partial charge in [-0.3, -0.25) is 0 Å². The highest BCUT2D eigenvalue weighted by Gasteiger charge is 2.49. The maximum Gasteiger partial charge on any atom is 0.491 e. The second-order valence-electron chi connectivity index (χ2n) is 2.67. The Bertz CT molecular complexity index is 286. The van der Waals surface area contributed by atoms with Gasteiger partial charge in [-0.2, -0.15) is 26.3 Å². The van der Waals surface area contributed by atoms with Crippen LogP contribution in [-0.4, -0.2) is 35.4 Å². The number of aliphatic hydroxyl groups is 1. The summed E-state index contributed by atoms with van der Waals surface area (Å²) >= 11 is 0. The fourth-order valence-electron chi connectivity index (χ4n) is 0.481. The van der Waals surface area contributed by atoms with Crippen LogP contribution in [0.4, 0.5) is 26.3 Å². The van der Waals surface area contributed by atoms with Crippen LogP contribution >= 0.6 is 0 Å². The van der Waals surface area contributed by atoms with Gasteiger partial charge in [0, 0.05) is 6.92 Å². The van der Waals surface area contributed by atoms with Crippen molar-refractivity contribution in [2.24, 2.45) is 0 Å². The summed E-state index contributed by atoms with van der Waals surface area (Å²) < 4.78 is 75.8. The van der Waals surface area contributed by atoms with Crippen molar-refractivity contribution < 1.29 is 50.5 Å².